The molecule has 0 aliphatic heterocycles. The maximum absolute atomic E-state index is 13.6. The predicted octanol–water partition coefficient (Wildman–Crippen LogP) is 4.55. The lowest BCUT2D eigenvalue weighted by atomic mass is 9.77. The number of aliphatic hydroxyl groups is 4. The zero-order valence-electron chi connectivity index (χ0n) is 38.4. The van der Waals surface area contributed by atoms with E-state index in [0.29, 0.717) is 0 Å². The summed E-state index contributed by atoms with van der Waals surface area (Å²) >= 11 is 0. The van der Waals surface area contributed by atoms with Crippen LogP contribution in [0.5, 0.6) is 0 Å². The molecule has 55 heavy (non-hydrogen) atoms. The third-order valence-corrected chi connectivity index (χ3v) is 9.17. The summed E-state index contributed by atoms with van der Waals surface area (Å²) in [5.74, 6) is -5.23. The monoisotopic (exact) mass is 818 g/mol. The maximum Gasteiger partial charge on any atom is 0.270 e. The number of methoxy groups -OCH3 is 6. The third kappa shape index (κ3) is 18.4. The van der Waals surface area contributed by atoms with Crippen molar-refractivity contribution in [2.24, 2.45) is 35.0 Å². The number of rotatable bonds is 6. The highest BCUT2D eigenvalue weighted by Crippen LogP contribution is 2.39. The molecule has 16 heteroatoms. The Bertz CT molecular complexity index is 736. The quantitative estimate of drug-likeness (QED) is 0.196. The Balaban J connectivity index is -0.000000143. The lowest BCUT2D eigenvalue weighted by Gasteiger charge is -2.45. The fraction of sp³-hybridized carbons (Fsp3) is 1.00. The van der Waals surface area contributed by atoms with E-state index >= 15 is 0 Å². The second-order valence-corrected chi connectivity index (χ2v) is 11.5. The molecule has 3 rings (SSSR count). The fourth-order valence-corrected chi connectivity index (χ4v) is 6.01. The van der Waals surface area contributed by atoms with Crippen molar-refractivity contribution in [1.29, 1.82) is 0 Å². The van der Waals surface area contributed by atoms with Gasteiger partial charge in [0.05, 0.1) is 48.5 Å². The average Bonchev–Trinajstić information content (AvgIpc) is 3.24. The number of hydrogen-bond acceptors (Lipinski definition) is 13. The van der Waals surface area contributed by atoms with E-state index in [1.165, 1.54) is 49.6 Å². The van der Waals surface area contributed by atoms with Gasteiger partial charge in [-0.15, -0.1) is 0 Å². The van der Waals surface area contributed by atoms with Gasteiger partial charge in [-0.3, -0.25) is 0 Å². The van der Waals surface area contributed by atoms with Gasteiger partial charge in [-0.05, 0) is 0 Å². The summed E-state index contributed by atoms with van der Waals surface area (Å²) in [4.78, 5) is 0. The Labute approximate surface area is 334 Å². The third-order valence-electron chi connectivity index (χ3n) is 9.17. The molecule has 0 spiro atoms. The Morgan fingerprint density at radius 1 is 0.418 bits per heavy atom. The van der Waals surface area contributed by atoms with Crippen molar-refractivity contribution in [1.82, 2.24) is 0 Å². The number of alkyl halides is 3. The normalized spacial score (nSPS) is 38.1. The molecule has 3 saturated carbocycles. The van der Waals surface area contributed by atoms with Crippen LogP contribution in [0.4, 0.5) is 13.2 Å². The maximum atomic E-state index is 13.6. The van der Waals surface area contributed by atoms with Gasteiger partial charge in [-0.25, -0.2) is 13.2 Å². The molecule has 3 aliphatic carbocycles. The molecule has 342 valence electrons. The first-order chi connectivity index (χ1) is 26.0. The predicted molar refractivity (Wildman–Crippen MR) is 218 cm³/mol. The summed E-state index contributed by atoms with van der Waals surface area (Å²) in [6.45, 7) is 28.6. The second-order valence-electron chi connectivity index (χ2n) is 11.5. The SMILES string of the molecule is CC.CC.CC.CC.CC.CC.CO[C@H]1[C@H](OC)C(O)[C@H](C)C(F)(F)[C@@H]1N.CO[C@H]1[C@H](OC)C(O)[C@H](C)C(F)[C@@H]1N.CO[C@H]1[C@H](OC)C(O)[C@H](C)C(O)[C@@H]1N. The number of aliphatic hydroxyl groups excluding tert-OH is 4. The number of hydrogen-bond donors (Lipinski definition) is 7. The lowest BCUT2D eigenvalue weighted by Crippen LogP contribution is -2.67. The largest absolute Gasteiger partial charge is 0.391 e. The standard InChI is InChI=1S/C9H17F2NO3.C9H18FNO3.C9H19NO4.6C2H6/c1-4-5(13)6(14-2)7(15-3)8(12)9(4,10)11;1-4-5(10)6(11)8(13-2)9(14-3)7(4)12;1-4-6(11)5(10)8(13-2)9(14-3)7(4)12;6*1-2/h4-8,13H,12H2,1-3H3;4-9,12H,11H2,1-3H3;4-9,11-12H,10H2,1-3H3;6*1-2H3/t4-,5?,6+,7-,8+;4-,5?,6+,7?,8-,9-;4-,5+,6?,7?,8-,9-;;;;;;/m011....../s1. The molecule has 0 aromatic carbocycles. The average molecular weight is 818 g/mol. The van der Waals surface area contributed by atoms with Gasteiger partial charge in [-0.2, -0.15) is 0 Å². The summed E-state index contributed by atoms with van der Waals surface area (Å²) < 4.78 is 70.9. The molecule has 0 amide bonds. The van der Waals surface area contributed by atoms with Crippen molar-refractivity contribution in [3.63, 3.8) is 0 Å². The van der Waals surface area contributed by atoms with Gasteiger partial charge in [0.25, 0.3) is 5.92 Å². The molecule has 0 radical (unpaired) electrons. The molecule has 5 unspecified atom stereocenters. The zero-order chi connectivity index (χ0) is 45.6. The zero-order valence-corrected chi connectivity index (χ0v) is 38.4. The smallest absolute Gasteiger partial charge is 0.270 e. The van der Waals surface area contributed by atoms with Gasteiger partial charge in [-0.1, -0.05) is 104 Å². The van der Waals surface area contributed by atoms with E-state index in [2.05, 4.69) is 0 Å². The summed E-state index contributed by atoms with van der Waals surface area (Å²) in [6, 6.07) is -2.74. The van der Waals surface area contributed by atoms with Crippen LogP contribution in [0.1, 0.15) is 104 Å². The van der Waals surface area contributed by atoms with Crippen LogP contribution in [0.2, 0.25) is 0 Å². The molecular formula is C39H90F3N3O10. The summed E-state index contributed by atoms with van der Waals surface area (Å²) in [5.41, 5.74) is 16.9. The van der Waals surface area contributed by atoms with Gasteiger partial charge in [0, 0.05) is 54.5 Å². The molecular weight excluding hydrogens is 727 g/mol. The van der Waals surface area contributed by atoms with Crippen LogP contribution < -0.4 is 17.2 Å². The van der Waals surface area contributed by atoms with E-state index in [9.17, 15) is 33.6 Å². The molecule has 3 aliphatic rings. The van der Waals surface area contributed by atoms with Crippen LogP contribution in [-0.4, -0.2) is 154 Å². The molecule has 17 atom stereocenters. The molecule has 13 nitrogen and oxygen atoms in total. The van der Waals surface area contributed by atoms with Crippen molar-refractivity contribution >= 4 is 0 Å². The van der Waals surface area contributed by atoms with Crippen molar-refractivity contribution in [3.8, 4) is 0 Å². The van der Waals surface area contributed by atoms with Crippen molar-refractivity contribution < 1.29 is 62.0 Å². The van der Waals surface area contributed by atoms with Crippen LogP contribution in [0, 0.1) is 17.8 Å². The molecule has 3 fully saturated rings. The second kappa shape index (κ2) is 37.5. The highest BCUT2D eigenvalue weighted by molar-refractivity contribution is 5.05. The molecule has 0 aromatic heterocycles. The van der Waals surface area contributed by atoms with Crippen LogP contribution in [0.25, 0.3) is 0 Å². The van der Waals surface area contributed by atoms with Gasteiger partial charge in [0.1, 0.15) is 42.8 Å². The van der Waals surface area contributed by atoms with Crippen LogP contribution in [0.3, 0.4) is 0 Å². The minimum Gasteiger partial charge on any atom is -0.391 e. The molecule has 0 bridgehead atoms. The van der Waals surface area contributed by atoms with Crippen LogP contribution in [-0.2, 0) is 28.4 Å². The molecule has 10 N–H and O–H groups in total. The fourth-order valence-electron chi connectivity index (χ4n) is 6.01. The lowest BCUT2D eigenvalue weighted by molar-refractivity contribution is -0.229. The van der Waals surface area contributed by atoms with Crippen molar-refractivity contribution in [3.05, 3.63) is 0 Å². The first-order valence-corrected chi connectivity index (χ1v) is 20.1. The van der Waals surface area contributed by atoms with Gasteiger partial charge >= 0.3 is 0 Å². The van der Waals surface area contributed by atoms with Crippen LogP contribution >= 0.6 is 0 Å². The minimum absolute atomic E-state index is 0.304. The first kappa shape index (κ1) is 66.1. The number of nitrogens with two attached hydrogens (primary N) is 3. The Kier molecular flexibility index (Phi) is 45.1. The van der Waals surface area contributed by atoms with Crippen molar-refractivity contribution in [2.45, 2.75) is 195 Å². The Morgan fingerprint density at radius 3 is 1.00 bits per heavy atom. The van der Waals surface area contributed by atoms with Crippen molar-refractivity contribution in [2.75, 3.05) is 42.7 Å². The minimum atomic E-state index is -3.16. The topological polar surface area (TPSA) is 214 Å². The molecule has 0 heterocycles. The Morgan fingerprint density at radius 2 is 0.691 bits per heavy atom. The van der Waals surface area contributed by atoms with Gasteiger partial charge < -0.3 is 66.0 Å². The van der Waals surface area contributed by atoms with E-state index in [1.54, 1.807) is 13.8 Å². The van der Waals surface area contributed by atoms with E-state index < -0.39 is 103 Å². The molecule has 0 aromatic rings. The summed E-state index contributed by atoms with van der Waals surface area (Å²) in [7, 11) is 8.49. The van der Waals surface area contributed by atoms with Gasteiger partial charge in [0.15, 0.2) is 0 Å². The summed E-state index contributed by atoms with van der Waals surface area (Å²) in [5, 5.41) is 38.9. The van der Waals surface area contributed by atoms with E-state index in [0.717, 1.165) is 0 Å². The summed E-state index contributed by atoms with van der Waals surface area (Å²) in [6.07, 6.45) is -8.86. The van der Waals surface area contributed by atoms with E-state index in [4.69, 9.17) is 45.6 Å². The van der Waals surface area contributed by atoms with Crippen LogP contribution in [0.15, 0.2) is 0 Å². The number of halogens is 3. The first-order valence-electron chi connectivity index (χ1n) is 20.1. The van der Waals surface area contributed by atoms with E-state index in [1.807, 2.05) is 83.1 Å². The number of ether oxygens (including phenoxy) is 6. The van der Waals surface area contributed by atoms with E-state index in [-0.39, 0.29) is 5.92 Å². The molecule has 0 saturated heterocycles. The highest BCUT2D eigenvalue weighted by atomic mass is 19.3. The highest BCUT2D eigenvalue weighted by Gasteiger charge is 2.58. The van der Waals surface area contributed by atoms with Gasteiger partial charge in [0.2, 0.25) is 0 Å². The Hall–Kier alpha value is -0.730.